The van der Waals surface area contributed by atoms with Gasteiger partial charge in [-0.2, -0.15) is 0 Å². The van der Waals surface area contributed by atoms with Gasteiger partial charge in [0.25, 0.3) is 0 Å². The SMILES string of the molecule is CCCCCCCCC/C=C\CCCCCCCCCC(=O)OCCCC/C=C\CCCCCCCC(=O)NC(CO)C(O)CCCCCCCCCCCCCCCCCCCCCCC. The fourth-order valence-corrected chi connectivity index (χ4v) is 9.34. The lowest BCUT2D eigenvalue weighted by Crippen LogP contribution is -2.45. The normalized spacial score (nSPS) is 12.7. The first-order valence-electron chi connectivity index (χ1n) is 30.1. The van der Waals surface area contributed by atoms with E-state index in [1.165, 1.54) is 212 Å². The molecule has 396 valence electrons. The molecule has 0 saturated heterocycles. The molecule has 6 nitrogen and oxygen atoms in total. The molecule has 0 aliphatic rings. The molecule has 2 unspecified atom stereocenters. The molecule has 0 aromatic rings. The standard InChI is InChI=1S/C61H117NO5/c1-3-5-7-9-11-13-15-17-19-21-23-24-25-26-28-30-33-37-41-45-49-53-59(64)58(57-63)62-60(65)54-50-46-42-38-34-32-36-40-44-48-52-56-67-61(66)55-51-47-43-39-35-31-29-27-22-20-18-16-14-12-10-8-6-4-2/h20,22,36,40,58-59,63-64H,3-19,21,23-35,37-39,41-57H2,1-2H3,(H,62,65)/b22-20-,40-36-. The van der Waals surface area contributed by atoms with Crippen molar-refractivity contribution >= 4 is 11.9 Å². The first-order chi connectivity index (χ1) is 33.0. The number of esters is 1. The van der Waals surface area contributed by atoms with Gasteiger partial charge in [0.05, 0.1) is 25.4 Å². The average molecular weight is 945 g/mol. The number of hydrogen-bond acceptors (Lipinski definition) is 5. The van der Waals surface area contributed by atoms with Crippen LogP contribution in [0.4, 0.5) is 0 Å². The van der Waals surface area contributed by atoms with Crippen molar-refractivity contribution in [3.05, 3.63) is 24.3 Å². The van der Waals surface area contributed by atoms with E-state index in [9.17, 15) is 19.8 Å². The summed E-state index contributed by atoms with van der Waals surface area (Å²) in [6, 6.07) is -0.564. The van der Waals surface area contributed by atoms with Crippen LogP contribution in [0.1, 0.15) is 328 Å². The third-order valence-corrected chi connectivity index (χ3v) is 14.0. The number of aliphatic hydroxyl groups excluding tert-OH is 2. The molecule has 67 heavy (non-hydrogen) atoms. The van der Waals surface area contributed by atoms with Crippen LogP contribution in [0, 0.1) is 0 Å². The Morgan fingerprint density at radius 2 is 0.701 bits per heavy atom. The summed E-state index contributed by atoms with van der Waals surface area (Å²) in [6.45, 7) is 4.89. The Bertz CT molecular complexity index is 1040. The van der Waals surface area contributed by atoms with E-state index in [1.807, 2.05) is 0 Å². The molecule has 1 amide bonds. The Morgan fingerprint density at radius 1 is 0.403 bits per heavy atom. The summed E-state index contributed by atoms with van der Waals surface area (Å²) in [4.78, 5) is 24.6. The number of hydrogen-bond donors (Lipinski definition) is 3. The number of amides is 1. The zero-order valence-electron chi connectivity index (χ0n) is 45.1. The van der Waals surface area contributed by atoms with E-state index in [1.54, 1.807) is 0 Å². The molecule has 0 heterocycles. The van der Waals surface area contributed by atoms with Crippen LogP contribution in [0.2, 0.25) is 0 Å². The van der Waals surface area contributed by atoms with E-state index >= 15 is 0 Å². The van der Waals surface area contributed by atoms with Crippen LogP contribution < -0.4 is 5.32 Å². The van der Waals surface area contributed by atoms with Gasteiger partial charge in [0.2, 0.25) is 5.91 Å². The Kier molecular flexibility index (Phi) is 55.5. The predicted molar refractivity (Wildman–Crippen MR) is 292 cm³/mol. The molecule has 0 saturated carbocycles. The molecule has 6 heteroatoms. The van der Waals surface area contributed by atoms with Crippen molar-refractivity contribution in [2.45, 2.75) is 341 Å². The van der Waals surface area contributed by atoms with E-state index in [4.69, 9.17) is 4.74 Å². The Labute approximate surface area is 418 Å². The van der Waals surface area contributed by atoms with E-state index in [0.717, 1.165) is 83.5 Å². The van der Waals surface area contributed by atoms with Crippen LogP contribution in [-0.4, -0.2) is 47.4 Å². The lowest BCUT2D eigenvalue weighted by atomic mass is 10.0. The largest absolute Gasteiger partial charge is 0.466 e. The van der Waals surface area contributed by atoms with Crippen molar-refractivity contribution in [2.24, 2.45) is 0 Å². The monoisotopic (exact) mass is 944 g/mol. The van der Waals surface area contributed by atoms with Crippen molar-refractivity contribution in [3.8, 4) is 0 Å². The van der Waals surface area contributed by atoms with Gasteiger partial charge >= 0.3 is 5.97 Å². The Balaban J connectivity index is 3.49. The van der Waals surface area contributed by atoms with E-state index < -0.39 is 12.1 Å². The minimum Gasteiger partial charge on any atom is -0.466 e. The third kappa shape index (κ3) is 53.5. The molecular weight excluding hydrogens is 827 g/mol. The molecule has 0 aliphatic carbocycles. The molecule has 2 atom stereocenters. The van der Waals surface area contributed by atoms with Crippen molar-refractivity contribution < 1.29 is 24.5 Å². The van der Waals surface area contributed by atoms with Crippen LogP contribution in [0.3, 0.4) is 0 Å². The van der Waals surface area contributed by atoms with Crippen LogP contribution in [0.5, 0.6) is 0 Å². The molecule has 0 bridgehead atoms. The summed E-state index contributed by atoms with van der Waals surface area (Å²) in [5.74, 6) is -0.0945. The zero-order chi connectivity index (χ0) is 48.6. The second-order valence-electron chi connectivity index (χ2n) is 20.7. The number of aliphatic hydroxyl groups is 2. The fourth-order valence-electron chi connectivity index (χ4n) is 9.34. The molecule has 0 aromatic carbocycles. The number of unbranched alkanes of at least 4 members (excludes halogenated alkanes) is 41. The minimum absolute atomic E-state index is 0.0332. The second-order valence-corrected chi connectivity index (χ2v) is 20.7. The van der Waals surface area contributed by atoms with Gasteiger partial charge in [0, 0.05) is 12.8 Å². The average Bonchev–Trinajstić information content (AvgIpc) is 3.33. The molecular formula is C61H117NO5. The van der Waals surface area contributed by atoms with E-state index in [-0.39, 0.29) is 18.5 Å². The maximum Gasteiger partial charge on any atom is 0.305 e. The van der Waals surface area contributed by atoms with Gasteiger partial charge in [-0.25, -0.2) is 0 Å². The summed E-state index contributed by atoms with van der Waals surface area (Å²) >= 11 is 0. The van der Waals surface area contributed by atoms with Crippen LogP contribution >= 0.6 is 0 Å². The summed E-state index contributed by atoms with van der Waals surface area (Å²) < 4.78 is 5.46. The smallest absolute Gasteiger partial charge is 0.305 e. The topological polar surface area (TPSA) is 95.9 Å². The number of carbonyl (C=O) groups is 2. The zero-order valence-corrected chi connectivity index (χ0v) is 45.1. The highest BCUT2D eigenvalue weighted by Crippen LogP contribution is 2.17. The van der Waals surface area contributed by atoms with Crippen molar-refractivity contribution in [3.63, 3.8) is 0 Å². The van der Waals surface area contributed by atoms with Gasteiger partial charge in [-0.1, -0.05) is 263 Å². The number of ether oxygens (including phenoxy) is 1. The van der Waals surface area contributed by atoms with Crippen molar-refractivity contribution in [1.82, 2.24) is 5.32 Å². The maximum atomic E-state index is 12.5. The quantitative estimate of drug-likeness (QED) is 0.0321. The van der Waals surface area contributed by atoms with Gasteiger partial charge in [0.15, 0.2) is 0 Å². The summed E-state index contributed by atoms with van der Waals surface area (Å²) in [5.41, 5.74) is 0. The van der Waals surface area contributed by atoms with Gasteiger partial charge < -0.3 is 20.3 Å². The van der Waals surface area contributed by atoms with Crippen LogP contribution in [0.15, 0.2) is 24.3 Å². The highest BCUT2D eigenvalue weighted by Gasteiger charge is 2.20. The van der Waals surface area contributed by atoms with Crippen LogP contribution in [-0.2, 0) is 14.3 Å². The number of rotatable bonds is 56. The highest BCUT2D eigenvalue weighted by atomic mass is 16.5. The van der Waals surface area contributed by atoms with Crippen molar-refractivity contribution in [2.75, 3.05) is 13.2 Å². The first kappa shape index (κ1) is 65.3. The minimum atomic E-state index is -0.684. The summed E-state index contributed by atoms with van der Waals surface area (Å²) in [7, 11) is 0. The first-order valence-corrected chi connectivity index (χ1v) is 30.1. The molecule has 0 fully saturated rings. The molecule has 0 aliphatic heterocycles. The predicted octanol–water partition coefficient (Wildman–Crippen LogP) is 18.6. The lowest BCUT2D eigenvalue weighted by Gasteiger charge is -2.22. The number of carbonyl (C=O) groups excluding carboxylic acids is 2. The Morgan fingerprint density at radius 3 is 1.06 bits per heavy atom. The molecule has 0 spiro atoms. The van der Waals surface area contributed by atoms with E-state index in [0.29, 0.717) is 25.9 Å². The molecule has 0 aromatic heterocycles. The summed E-state index contributed by atoms with van der Waals surface area (Å²) in [6.07, 6.45) is 68.9. The highest BCUT2D eigenvalue weighted by molar-refractivity contribution is 5.76. The maximum absolute atomic E-state index is 12.5. The lowest BCUT2D eigenvalue weighted by molar-refractivity contribution is -0.143. The molecule has 3 N–H and O–H groups in total. The number of allylic oxidation sites excluding steroid dienone is 4. The van der Waals surface area contributed by atoms with Gasteiger partial charge in [-0.3, -0.25) is 9.59 Å². The van der Waals surface area contributed by atoms with Crippen LogP contribution in [0.25, 0.3) is 0 Å². The van der Waals surface area contributed by atoms with Gasteiger partial charge in [-0.05, 0) is 77.0 Å². The van der Waals surface area contributed by atoms with Crippen molar-refractivity contribution in [1.29, 1.82) is 0 Å². The summed E-state index contributed by atoms with van der Waals surface area (Å²) in [5, 5.41) is 23.3. The molecule has 0 rings (SSSR count). The van der Waals surface area contributed by atoms with Gasteiger partial charge in [-0.15, -0.1) is 0 Å². The second kappa shape index (κ2) is 56.9. The Hall–Kier alpha value is -1.66. The van der Waals surface area contributed by atoms with E-state index in [2.05, 4.69) is 43.5 Å². The number of nitrogens with one attached hydrogen (secondary N) is 1. The fraction of sp³-hybridized carbons (Fsp3) is 0.902. The third-order valence-electron chi connectivity index (χ3n) is 14.0. The molecule has 0 radical (unpaired) electrons. The van der Waals surface area contributed by atoms with Gasteiger partial charge in [0.1, 0.15) is 0 Å².